The fourth-order valence-corrected chi connectivity index (χ4v) is 3.95. The number of aryl methyl sites for hydroxylation is 3. The molecule has 184 valence electrons. The number of ether oxygens (including phenoxy) is 2. The van der Waals surface area contributed by atoms with E-state index in [4.69, 9.17) is 9.47 Å². The Morgan fingerprint density at radius 2 is 1.67 bits per heavy atom. The van der Waals surface area contributed by atoms with Crippen molar-refractivity contribution in [3.63, 3.8) is 0 Å². The molecule has 0 saturated carbocycles. The zero-order chi connectivity index (χ0) is 26.0. The third-order valence-corrected chi connectivity index (χ3v) is 6.40. The number of rotatable bonds is 6. The summed E-state index contributed by atoms with van der Waals surface area (Å²) in [5.41, 5.74) is 5.80. The number of carbonyl (C=O) groups excluding carboxylic acids is 3. The number of hydrogen-bond donors (Lipinski definition) is 1. The standard InChI is InChI=1S/C29H28N2O5/c1-17-9-10-21(13-19(17)3)16-36-26-15-23(35-5)12-11-22(26)14-24-27(32)30-29(34)31(28(24)33)25-8-6-7-18(2)20(25)4/h6-15H,16H2,1-5H3,(H,30,32,34)/b24-14+. The van der Waals surface area contributed by atoms with Crippen LogP contribution in [-0.4, -0.2) is 25.0 Å². The first-order valence-corrected chi connectivity index (χ1v) is 11.5. The predicted octanol–water partition coefficient (Wildman–Crippen LogP) is 5.17. The van der Waals surface area contributed by atoms with Gasteiger partial charge in [-0.15, -0.1) is 0 Å². The molecule has 0 unspecified atom stereocenters. The van der Waals surface area contributed by atoms with E-state index >= 15 is 0 Å². The summed E-state index contributed by atoms with van der Waals surface area (Å²) < 4.78 is 11.4. The topological polar surface area (TPSA) is 84.9 Å². The summed E-state index contributed by atoms with van der Waals surface area (Å²) in [6, 6.07) is 15.8. The first-order valence-electron chi connectivity index (χ1n) is 11.5. The molecule has 0 atom stereocenters. The molecular weight excluding hydrogens is 456 g/mol. The fraction of sp³-hybridized carbons (Fsp3) is 0.207. The molecule has 3 aromatic rings. The van der Waals surface area contributed by atoms with Crippen LogP contribution in [0.1, 0.15) is 33.4 Å². The van der Waals surface area contributed by atoms with Gasteiger partial charge in [-0.25, -0.2) is 9.69 Å². The van der Waals surface area contributed by atoms with Crippen LogP contribution in [0.5, 0.6) is 11.5 Å². The minimum atomic E-state index is -0.781. The molecule has 0 bridgehead atoms. The molecule has 7 nitrogen and oxygen atoms in total. The van der Waals surface area contributed by atoms with Crippen LogP contribution in [0.3, 0.4) is 0 Å². The van der Waals surface area contributed by atoms with Gasteiger partial charge in [0.25, 0.3) is 11.8 Å². The van der Waals surface area contributed by atoms with Gasteiger partial charge in [0.2, 0.25) is 0 Å². The molecule has 1 heterocycles. The molecule has 1 aliphatic heterocycles. The molecule has 36 heavy (non-hydrogen) atoms. The number of methoxy groups -OCH3 is 1. The maximum absolute atomic E-state index is 13.4. The second-order valence-electron chi connectivity index (χ2n) is 8.79. The average molecular weight is 485 g/mol. The lowest BCUT2D eigenvalue weighted by atomic mass is 10.0. The lowest BCUT2D eigenvalue weighted by molar-refractivity contribution is -0.122. The van der Waals surface area contributed by atoms with E-state index in [2.05, 4.69) is 11.4 Å². The molecule has 1 saturated heterocycles. The van der Waals surface area contributed by atoms with Crippen LogP contribution < -0.4 is 19.7 Å². The number of benzene rings is 3. The SMILES string of the molecule is COc1ccc(/C=C2\C(=O)NC(=O)N(c3cccc(C)c3C)C2=O)c(OCc2ccc(C)c(C)c2)c1. The molecular formula is C29H28N2O5. The molecule has 0 spiro atoms. The second-order valence-corrected chi connectivity index (χ2v) is 8.79. The number of nitrogens with zero attached hydrogens (tertiary/aromatic N) is 1. The van der Waals surface area contributed by atoms with Crippen LogP contribution in [0.2, 0.25) is 0 Å². The van der Waals surface area contributed by atoms with Gasteiger partial charge in [0, 0.05) is 11.6 Å². The first-order chi connectivity index (χ1) is 17.2. The van der Waals surface area contributed by atoms with Gasteiger partial charge >= 0.3 is 6.03 Å². The van der Waals surface area contributed by atoms with Crippen molar-refractivity contribution < 1.29 is 23.9 Å². The smallest absolute Gasteiger partial charge is 0.335 e. The Kier molecular flexibility index (Phi) is 6.92. The van der Waals surface area contributed by atoms with Crippen molar-refractivity contribution in [3.05, 3.63) is 93.6 Å². The summed E-state index contributed by atoms with van der Waals surface area (Å²) in [6.45, 7) is 8.09. The number of amides is 4. The van der Waals surface area contributed by atoms with E-state index in [1.807, 2.05) is 45.9 Å². The van der Waals surface area contributed by atoms with Crippen LogP contribution in [-0.2, 0) is 16.2 Å². The van der Waals surface area contributed by atoms with Crippen molar-refractivity contribution in [2.24, 2.45) is 0 Å². The van der Waals surface area contributed by atoms with Gasteiger partial charge in [-0.2, -0.15) is 0 Å². The Balaban J connectivity index is 1.70. The number of nitrogens with one attached hydrogen (secondary N) is 1. The van der Waals surface area contributed by atoms with Crippen molar-refractivity contribution in [2.75, 3.05) is 12.0 Å². The fourth-order valence-electron chi connectivity index (χ4n) is 3.95. The molecule has 1 N–H and O–H groups in total. The Morgan fingerprint density at radius 1 is 0.889 bits per heavy atom. The Hall–Kier alpha value is -4.39. The zero-order valence-electron chi connectivity index (χ0n) is 21.0. The maximum Gasteiger partial charge on any atom is 0.335 e. The van der Waals surface area contributed by atoms with E-state index in [0.717, 1.165) is 27.2 Å². The molecule has 4 amide bonds. The highest BCUT2D eigenvalue weighted by atomic mass is 16.5. The van der Waals surface area contributed by atoms with Crippen LogP contribution in [0.4, 0.5) is 10.5 Å². The minimum absolute atomic E-state index is 0.170. The van der Waals surface area contributed by atoms with Crippen molar-refractivity contribution in [1.29, 1.82) is 0 Å². The summed E-state index contributed by atoms with van der Waals surface area (Å²) in [6.07, 6.45) is 1.44. The Bertz CT molecular complexity index is 1410. The molecule has 1 fully saturated rings. The van der Waals surface area contributed by atoms with Gasteiger partial charge in [-0.3, -0.25) is 14.9 Å². The third-order valence-electron chi connectivity index (χ3n) is 6.40. The summed E-state index contributed by atoms with van der Waals surface area (Å²) >= 11 is 0. The normalized spacial score (nSPS) is 14.8. The molecule has 0 aliphatic carbocycles. The van der Waals surface area contributed by atoms with Crippen LogP contribution in [0.15, 0.2) is 60.2 Å². The van der Waals surface area contributed by atoms with Crippen molar-refractivity contribution in [2.45, 2.75) is 34.3 Å². The van der Waals surface area contributed by atoms with Gasteiger partial charge in [0.1, 0.15) is 23.7 Å². The lowest BCUT2D eigenvalue weighted by Gasteiger charge is -2.28. The highest BCUT2D eigenvalue weighted by Gasteiger charge is 2.37. The van der Waals surface area contributed by atoms with E-state index in [-0.39, 0.29) is 12.2 Å². The molecule has 0 aromatic heterocycles. The number of anilines is 1. The molecule has 7 heteroatoms. The quantitative estimate of drug-likeness (QED) is 0.385. The molecule has 1 aliphatic rings. The lowest BCUT2D eigenvalue weighted by Crippen LogP contribution is -2.54. The van der Waals surface area contributed by atoms with Gasteiger partial charge in [-0.1, -0.05) is 30.3 Å². The first kappa shape index (κ1) is 24.7. The van der Waals surface area contributed by atoms with E-state index in [1.165, 1.54) is 11.6 Å². The number of urea groups is 1. The van der Waals surface area contributed by atoms with Crippen molar-refractivity contribution in [1.82, 2.24) is 5.32 Å². The van der Waals surface area contributed by atoms with Crippen molar-refractivity contribution in [3.8, 4) is 11.5 Å². The largest absolute Gasteiger partial charge is 0.497 e. The monoisotopic (exact) mass is 484 g/mol. The van der Waals surface area contributed by atoms with E-state index in [9.17, 15) is 14.4 Å². The second kappa shape index (κ2) is 10.1. The minimum Gasteiger partial charge on any atom is -0.497 e. The molecule has 4 rings (SSSR count). The third kappa shape index (κ3) is 4.86. The number of imide groups is 2. The average Bonchev–Trinajstić information content (AvgIpc) is 2.85. The van der Waals surface area contributed by atoms with E-state index < -0.39 is 17.8 Å². The number of barbiturate groups is 1. The molecule has 0 radical (unpaired) electrons. The summed E-state index contributed by atoms with van der Waals surface area (Å²) in [5.74, 6) is -0.453. The summed E-state index contributed by atoms with van der Waals surface area (Å²) in [7, 11) is 1.55. The summed E-state index contributed by atoms with van der Waals surface area (Å²) in [4.78, 5) is 39.8. The zero-order valence-corrected chi connectivity index (χ0v) is 21.0. The Morgan fingerprint density at radius 3 is 2.39 bits per heavy atom. The maximum atomic E-state index is 13.4. The van der Waals surface area contributed by atoms with Crippen LogP contribution >= 0.6 is 0 Å². The van der Waals surface area contributed by atoms with E-state index in [1.54, 1.807) is 37.4 Å². The highest BCUT2D eigenvalue weighted by molar-refractivity contribution is 6.39. The molecule has 3 aromatic carbocycles. The van der Waals surface area contributed by atoms with Crippen molar-refractivity contribution >= 4 is 29.6 Å². The van der Waals surface area contributed by atoms with Gasteiger partial charge in [0.05, 0.1) is 12.8 Å². The predicted molar refractivity (Wildman–Crippen MR) is 138 cm³/mol. The van der Waals surface area contributed by atoms with Gasteiger partial charge in [0.15, 0.2) is 0 Å². The van der Waals surface area contributed by atoms with Crippen LogP contribution in [0, 0.1) is 27.7 Å². The van der Waals surface area contributed by atoms with E-state index in [0.29, 0.717) is 22.7 Å². The summed E-state index contributed by atoms with van der Waals surface area (Å²) in [5, 5.41) is 2.28. The number of hydrogen-bond acceptors (Lipinski definition) is 5. The van der Waals surface area contributed by atoms with Gasteiger partial charge in [-0.05, 0) is 79.8 Å². The number of carbonyl (C=O) groups is 3. The Labute approximate surface area is 210 Å². The van der Waals surface area contributed by atoms with Crippen LogP contribution in [0.25, 0.3) is 6.08 Å². The highest BCUT2D eigenvalue weighted by Crippen LogP contribution is 2.31. The van der Waals surface area contributed by atoms with Gasteiger partial charge < -0.3 is 9.47 Å².